The maximum Gasteiger partial charge on any atom is 0.248 e. The summed E-state index contributed by atoms with van der Waals surface area (Å²) in [5, 5.41) is 3.48. The Morgan fingerprint density at radius 3 is 3.00 bits per heavy atom. The summed E-state index contributed by atoms with van der Waals surface area (Å²) in [5.74, 6) is 0.0918. The second-order valence-electron chi connectivity index (χ2n) is 4.68. The highest BCUT2D eigenvalue weighted by atomic mass is 16.5. The lowest BCUT2D eigenvalue weighted by molar-refractivity contribution is -0.137. The summed E-state index contributed by atoms with van der Waals surface area (Å²) in [6.45, 7) is 6.04. The van der Waals surface area contributed by atoms with Crippen molar-refractivity contribution < 1.29 is 14.3 Å². The van der Waals surface area contributed by atoms with Crippen LogP contribution < -0.4 is 5.32 Å². The maximum absolute atomic E-state index is 11.9. The first-order valence-corrected chi connectivity index (χ1v) is 6.85. The Bertz CT molecular complexity index is 236. The van der Waals surface area contributed by atoms with E-state index in [1.807, 2.05) is 4.90 Å². The zero-order valence-electron chi connectivity index (χ0n) is 11.6. The average molecular weight is 258 g/mol. The van der Waals surface area contributed by atoms with Gasteiger partial charge in [0.1, 0.15) is 6.61 Å². The molecule has 1 fully saturated rings. The lowest BCUT2D eigenvalue weighted by Gasteiger charge is -2.33. The van der Waals surface area contributed by atoms with Gasteiger partial charge in [0.05, 0.1) is 13.2 Å². The van der Waals surface area contributed by atoms with Gasteiger partial charge in [0.15, 0.2) is 0 Å². The number of carbonyl (C=O) groups excluding carboxylic acids is 1. The van der Waals surface area contributed by atoms with Crippen molar-refractivity contribution in [3.63, 3.8) is 0 Å². The predicted molar refractivity (Wildman–Crippen MR) is 70.6 cm³/mol. The largest absolute Gasteiger partial charge is 0.382 e. The summed E-state index contributed by atoms with van der Waals surface area (Å²) in [5.41, 5.74) is 0. The first-order valence-electron chi connectivity index (χ1n) is 6.85. The molecule has 1 N–H and O–H groups in total. The Hall–Kier alpha value is -0.650. The van der Waals surface area contributed by atoms with Crippen molar-refractivity contribution in [2.75, 3.05) is 46.6 Å². The Morgan fingerprint density at radius 1 is 1.44 bits per heavy atom. The zero-order valence-corrected chi connectivity index (χ0v) is 11.6. The van der Waals surface area contributed by atoms with E-state index in [2.05, 4.69) is 12.2 Å². The van der Waals surface area contributed by atoms with Gasteiger partial charge in [-0.3, -0.25) is 4.79 Å². The monoisotopic (exact) mass is 258 g/mol. The lowest BCUT2D eigenvalue weighted by Crippen LogP contribution is -2.49. The number of carbonyl (C=O) groups is 1. The molecule has 0 aromatic carbocycles. The lowest BCUT2D eigenvalue weighted by atomic mass is 10.1. The average Bonchev–Trinajstić information content (AvgIpc) is 2.41. The Labute approximate surface area is 110 Å². The van der Waals surface area contributed by atoms with Crippen molar-refractivity contribution >= 4 is 5.91 Å². The van der Waals surface area contributed by atoms with Crippen LogP contribution in [0.1, 0.15) is 26.2 Å². The number of rotatable bonds is 8. The fourth-order valence-corrected chi connectivity index (χ4v) is 2.11. The maximum atomic E-state index is 11.9. The molecule has 0 radical (unpaired) electrons. The van der Waals surface area contributed by atoms with E-state index >= 15 is 0 Å². The molecule has 1 amide bonds. The van der Waals surface area contributed by atoms with E-state index in [9.17, 15) is 4.79 Å². The molecule has 1 saturated heterocycles. The minimum atomic E-state index is 0.0918. The first kappa shape index (κ1) is 15.4. The molecule has 1 heterocycles. The number of nitrogens with one attached hydrogen (secondary N) is 1. The molecule has 0 aromatic heterocycles. The number of amides is 1. The molecule has 0 aromatic rings. The summed E-state index contributed by atoms with van der Waals surface area (Å²) < 4.78 is 10.1. The van der Waals surface area contributed by atoms with Gasteiger partial charge < -0.3 is 19.7 Å². The van der Waals surface area contributed by atoms with Gasteiger partial charge in [-0.2, -0.15) is 0 Å². The van der Waals surface area contributed by atoms with Crippen molar-refractivity contribution in [1.29, 1.82) is 0 Å². The van der Waals surface area contributed by atoms with Gasteiger partial charge in [-0.15, -0.1) is 0 Å². The molecule has 1 unspecified atom stereocenters. The molecular weight excluding hydrogens is 232 g/mol. The van der Waals surface area contributed by atoms with Crippen LogP contribution in [0.25, 0.3) is 0 Å². The van der Waals surface area contributed by atoms with Gasteiger partial charge in [-0.05, 0) is 25.8 Å². The molecule has 5 heteroatoms. The zero-order chi connectivity index (χ0) is 13.2. The number of hydrogen-bond donors (Lipinski definition) is 1. The third-order valence-electron chi connectivity index (χ3n) is 3.11. The number of hydrogen-bond acceptors (Lipinski definition) is 4. The molecule has 0 aliphatic carbocycles. The molecule has 1 rings (SSSR count). The van der Waals surface area contributed by atoms with Crippen molar-refractivity contribution in [2.45, 2.75) is 32.2 Å². The number of methoxy groups -OCH3 is 1. The summed E-state index contributed by atoms with van der Waals surface area (Å²) in [4.78, 5) is 13.8. The number of nitrogens with zero attached hydrogens (tertiary/aromatic N) is 1. The van der Waals surface area contributed by atoms with E-state index in [4.69, 9.17) is 9.47 Å². The van der Waals surface area contributed by atoms with Gasteiger partial charge in [0.2, 0.25) is 5.91 Å². The van der Waals surface area contributed by atoms with Crippen LogP contribution in [-0.2, 0) is 14.3 Å². The predicted octanol–water partition coefficient (Wildman–Crippen LogP) is 0.640. The first-order chi connectivity index (χ1) is 8.77. The fraction of sp³-hybridized carbons (Fsp3) is 0.923. The van der Waals surface area contributed by atoms with E-state index in [0.29, 0.717) is 19.3 Å². The van der Waals surface area contributed by atoms with Crippen molar-refractivity contribution in [3.05, 3.63) is 0 Å². The molecule has 0 bridgehead atoms. The summed E-state index contributed by atoms with van der Waals surface area (Å²) >= 11 is 0. The third-order valence-corrected chi connectivity index (χ3v) is 3.11. The van der Waals surface area contributed by atoms with E-state index in [1.54, 1.807) is 7.11 Å². The number of likely N-dealkylation sites (tertiary alicyclic amines) is 1. The molecule has 1 atom stereocenters. The molecule has 1 aliphatic heterocycles. The quantitative estimate of drug-likeness (QED) is 0.649. The Balaban J connectivity index is 2.20. The van der Waals surface area contributed by atoms with Crippen molar-refractivity contribution in [1.82, 2.24) is 10.2 Å². The smallest absolute Gasteiger partial charge is 0.248 e. The van der Waals surface area contributed by atoms with E-state index in [0.717, 1.165) is 38.9 Å². The van der Waals surface area contributed by atoms with Crippen LogP contribution >= 0.6 is 0 Å². The Kier molecular flexibility index (Phi) is 7.96. The standard InChI is InChI=1S/C13H26N2O3/c1-3-6-14-12-5-4-7-15(10-12)13(16)11-18-9-8-17-2/h12,14H,3-11H2,1-2H3. The molecule has 1 aliphatic rings. The molecule has 5 nitrogen and oxygen atoms in total. The highest BCUT2D eigenvalue weighted by Gasteiger charge is 2.22. The molecule has 0 saturated carbocycles. The number of piperidine rings is 1. The highest BCUT2D eigenvalue weighted by Crippen LogP contribution is 2.10. The Morgan fingerprint density at radius 2 is 2.28 bits per heavy atom. The molecular formula is C13H26N2O3. The summed E-state index contributed by atoms with van der Waals surface area (Å²) in [7, 11) is 1.62. The molecule has 106 valence electrons. The van der Waals surface area contributed by atoms with Gasteiger partial charge in [-0.1, -0.05) is 6.92 Å². The van der Waals surface area contributed by atoms with Crippen LogP contribution in [0.4, 0.5) is 0 Å². The SMILES string of the molecule is CCCNC1CCCN(C(=O)COCCOC)C1. The van der Waals surface area contributed by atoms with E-state index in [1.165, 1.54) is 0 Å². The van der Waals surface area contributed by atoms with Crippen LogP contribution in [0.5, 0.6) is 0 Å². The van der Waals surface area contributed by atoms with Gasteiger partial charge in [0, 0.05) is 26.2 Å². The van der Waals surface area contributed by atoms with Crippen LogP contribution in [0, 0.1) is 0 Å². The molecule has 0 spiro atoms. The third kappa shape index (κ3) is 5.80. The second kappa shape index (κ2) is 9.30. The van der Waals surface area contributed by atoms with Crippen LogP contribution in [0.2, 0.25) is 0 Å². The normalized spacial score (nSPS) is 20.1. The minimum Gasteiger partial charge on any atom is -0.382 e. The topological polar surface area (TPSA) is 50.8 Å². The summed E-state index contributed by atoms with van der Waals surface area (Å²) in [6, 6.07) is 0.446. The number of ether oxygens (including phenoxy) is 2. The van der Waals surface area contributed by atoms with E-state index in [-0.39, 0.29) is 12.5 Å². The fourth-order valence-electron chi connectivity index (χ4n) is 2.11. The summed E-state index contributed by atoms with van der Waals surface area (Å²) in [6.07, 6.45) is 3.37. The van der Waals surface area contributed by atoms with E-state index < -0.39 is 0 Å². The van der Waals surface area contributed by atoms with Gasteiger partial charge >= 0.3 is 0 Å². The highest BCUT2D eigenvalue weighted by molar-refractivity contribution is 5.77. The van der Waals surface area contributed by atoms with Gasteiger partial charge in [-0.25, -0.2) is 0 Å². The second-order valence-corrected chi connectivity index (χ2v) is 4.68. The van der Waals surface area contributed by atoms with Crippen LogP contribution in [0.3, 0.4) is 0 Å². The van der Waals surface area contributed by atoms with Crippen molar-refractivity contribution in [2.24, 2.45) is 0 Å². The minimum absolute atomic E-state index is 0.0918. The van der Waals surface area contributed by atoms with Crippen LogP contribution in [0.15, 0.2) is 0 Å². The van der Waals surface area contributed by atoms with Crippen LogP contribution in [-0.4, -0.2) is 63.4 Å². The van der Waals surface area contributed by atoms with Crippen molar-refractivity contribution in [3.8, 4) is 0 Å². The molecule has 18 heavy (non-hydrogen) atoms. The van der Waals surface area contributed by atoms with Gasteiger partial charge in [0.25, 0.3) is 0 Å².